The molecule has 1 aliphatic heterocycles. The standard InChI is InChI=1S/C13H26N2O/c1-13(2,3)11-6-5-8-15(9-7-11)10-12(16)14-4/h11H,5-10H2,1-4H3,(H,14,16). The van der Waals surface area contributed by atoms with Crippen molar-refractivity contribution in [2.45, 2.75) is 40.0 Å². The maximum Gasteiger partial charge on any atom is 0.233 e. The zero-order chi connectivity index (χ0) is 12.2. The van der Waals surface area contributed by atoms with E-state index in [1.54, 1.807) is 7.05 Å². The second-order valence-electron chi connectivity index (χ2n) is 5.94. The summed E-state index contributed by atoms with van der Waals surface area (Å²) in [5.41, 5.74) is 0.406. The molecule has 1 saturated heterocycles. The number of likely N-dealkylation sites (N-methyl/N-ethyl adjacent to an activating group) is 1. The molecule has 0 aromatic rings. The van der Waals surface area contributed by atoms with E-state index in [9.17, 15) is 4.79 Å². The second-order valence-corrected chi connectivity index (χ2v) is 5.94. The van der Waals surface area contributed by atoms with Crippen molar-refractivity contribution >= 4 is 5.91 Å². The Morgan fingerprint density at radius 2 is 2.00 bits per heavy atom. The van der Waals surface area contributed by atoms with E-state index in [0.717, 1.165) is 19.0 Å². The van der Waals surface area contributed by atoms with Gasteiger partial charge in [-0.25, -0.2) is 0 Å². The van der Waals surface area contributed by atoms with Crippen LogP contribution >= 0.6 is 0 Å². The Morgan fingerprint density at radius 3 is 2.56 bits per heavy atom. The molecular formula is C13H26N2O. The van der Waals surface area contributed by atoms with Gasteiger partial charge in [0.25, 0.3) is 0 Å². The third-order valence-electron chi connectivity index (χ3n) is 3.69. The Labute approximate surface area is 99.6 Å². The van der Waals surface area contributed by atoms with Crippen molar-refractivity contribution in [3.63, 3.8) is 0 Å². The van der Waals surface area contributed by atoms with E-state index < -0.39 is 0 Å². The van der Waals surface area contributed by atoms with E-state index in [2.05, 4.69) is 31.0 Å². The molecule has 0 saturated carbocycles. The van der Waals surface area contributed by atoms with E-state index in [1.807, 2.05) is 0 Å². The molecule has 0 spiro atoms. The van der Waals surface area contributed by atoms with Crippen LogP contribution in [-0.2, 0) is 4.79 Å². The van der Waals surface area contributed by atoms with Crippen LogP contribution in [0.3, 0.4) is 0 Å². The Kier molecular flexibility index (Phi) is 4.78. The maximum atomic E-state index is 11.3. The molecule has 1 heterocycles. The average molecular weight is 226 g/mol. The van der Waals surface area contributed by atoms with Gasteiger partial charge in [-0.15, -0.1) is 0 Å². The monoisotopic (exact) mass is 226 g/mol. The molecule has 16 heavy (non-hydrogen) atoms. The summed E-state index contributed by atoms with van der Waals surface area (Å²) in [5, 5.41) is 2.69. The van der Waals surface area contributed by atoms with Crippen LogP contribution in [0.1, 0.15) is 40.0 Å². The highest BCUT2D eigenvalue weighted by molar-refractivity contribution is 5.77. The molecule has 94 valence electrons. The van der Waals surface area contributed by atoms with Gasteiger partial charge in [-0.3, -0.25) is 9.69 Å². The van der Waals surface area contributed by atoms with Gasteiger partial charge in [-0.05, 0) is 43.7 Å². The molecule has 3 heteroatoms. The number of likely N-dealkylation sites (tertiary alicyclic amines) is 1. The van der Waals surface area contributed by atoms with Crippen molar-refractivity contribution in [1.82, 2.24) is 10.2 Å². The lowest BCUT2D eigenvalue weighted by atomic mass is 9.77. The SMILES string of the molecule is CNC(=O)CN1CCCC(C(C)(C)C)CC1. The van der Waals surface area contributed by atoms with Gasteiger partial charge < -0.3 is 5.32 Å². The second kappa shape index (κ2) is 5.67. The summed E-state index contributed by atoms with van der Waals surface area (Å²) in [7, 11) is 1.71. The van der Waals surface area contributed by atoms with Crippen molar-refractivity contribution < 1.29 is 4.79 Å². The van der Waals surface area contributed by atoms with Crippen LogP contribution in [0.15, 0.2) is 0 Å². The maximum absolute atomic E-state index is 11.3. The van der Waals surface area contributed by atoms with Crippen molar-refractivity contribution in [3.8, 4) is 0 Å². The normalized spacial score (nSPS) is 23.9. The highest BCUT2D eigenvalue weighted by Crippen LogP contribution is 2.34. The molecule has 3 nitrogen and oxygen atoms in total. The molecule has 0 aliphatic carbocycles. The Hall–Kier alpha value is -0.570. The van der Waals surface area contributed by atoms with E-state index >= 15 is 0 Å². The smallest absolute Gasteiger partial charge is 0.233 e. The van der Waals surface area contributed by atoms with Crippen molar-refractivity contribution in [2.24, 2.45) is 11.3 Å². The van der Waals surface area contributed by atoms with Gasteiger partial charge in [0.05, 0.1) is 6.54 Å². The first-order valence-corrected chi connectivity index (χ1v) is 6.36. The third-order valence-corrected chi connectivity index (χ3v) is 3.69. The minimum atomic E-state index is 0.134. The molecule has 1 rings (SSSR count). The molecule has 0 aromatic carbocycles. The van der Waals surface area contributed by atoms with E-state index in [4.69, 9.17) is 0 Å². The van der Waals surface area contributed by atoms with Crippen molar-refractivity contribution in [1.29, 1.82) is 0 Å². The summed E-state index contributed by atoms with van der Waals surface area (Å²) in [6.07, 6.45) is 3.74. The number of nitrogens with zero attached hydrogens (tertiary/aromatic N) is 1. The molecular weight excluding hydrogens is 200 g/mol. The number of amides is 1. The molecule has 0 aromatic heterocycles. The van der Waals surface area contributed by atoms with Crippen molar-refractivity contribution in [3.05, 3.63) is 0 Å². The Bertz CT molecular complexity index is 233. The summed E-state index contributed by atoms with van der Waals surface area (Å²) in [6.45, 7) is 9.67. The van der Waals surface area contributed by atoms with Gasteiger partial charge in [0.1, 0.15) is 0 Å². The predicted octanol–water partition coefficient (Wildman–Crippen LogP) is 1.88. The first-order chi connectivity index (χ1) is 7.43. The summed E-state index contributed by atoms with van der Waals surface area (Å²) >= 11 is 0. The van der Waals surface area contributed by atoms with E-state index in [-0.39, 0.29) is 5.91 Å². The largest absolute Gasteiger partial charge is 0.358 e. The summed E-state index contributed by atoms with van der Waals surface area (Å²) < 4.78 is 0. The van der Waals surface area contributed by atoms with Gasteiger partial charge >= 0.3 is 0 Å². The van der Waals surface area contributed by atoms with Gasteiger partial charge in [0.2, 0.25) is 5.91 Å². The molecule has 1 unspecified atom stereocenters. The molecule has 0 radical (unpaired) electrons. The number of rotatable bonds is 2. The highest BCUT2D eigenvalue weighted by atomic mass is 16.1. The zero-order valence-electron chi connectivity index (χ0n) is 11.2. The van der Waals surface area contributed by atoms with Crippen LogP contribution in [0, 0.1) is 11.3 Å². The fourth-order valence-corrected chi connectivity index (χ4v) is 2.46. The van der Waals surface area contributed by atoms with Crippen molar-refractivity contribution in [2.75, 3.05) is 26.7 Å². The molecule has 1 atom stereocenters. The van der Waals surface area contributed by atoms with Gasteiger partial charge in [0, 0.05) is 7.05 Å². The summed E-state index contributed by atoms with van der Waals surface area (Å²) in [5.74, 6) is 0.927. The Balaban J connectivity index is 2.43. The lowest BCUT2D eigenvalue weighted by molar-refractivity contribution is -0.121. The van der Waals surface area contributed by atoms with Gasteiger partial charge in [0.15, 0.2) is 0 Å². The minimum absolute atomic E-state index is 0.134. The van der Waals surface area contributed by atoms with Gasteiger partial charge in [-0.1, -0.05) is 20.8 Å². The number of nitrogens with one attached hydrogen (secondary N) is 1. The van der Waals surface area contributed by atoms with Crippen LogP contribution in [0.4, 0.5) is 0 Å². The zero-order valence-corrected chi connectivity index (χ0v) is 11.2. The van der Waals surface area contributed by atoms with E-state index in [0.29, 0.717) is 12.0 Å². The number of carbonyl (C=O) groups excluding carboxylic acids is 1. The van der Waals surface area contributed by atoms with Gasteiger partial charge in [-0.2, -0.15) is 0 Å². The molecule has 1 N–H and O–H groups in total. The molecule has 1 fully saturated rings. The highest BCUT2D eigenvalue weighted by Gasteiger charge is 2.27. The quantitative estimate of drug-likeness (QED) is 0.780. The number of hydrogen-bond acceptors (Lipinski definition) is 2. The molecule has 1 aliphatic rings. The van der Waals surface area contributed by atoms with Crippen LogP contribution in [-0.4, -0.2) is 37.5 Å². The topological polar surface area (TPSA) is 32.3 Å². The lowest BCUT2D eigenvalue weighted by Crippen LogP contribution is -2.36. The molecule has 1 amide bonds. The summed E-state index contributed by atoms with van der Waals surface area (Å²) in [4.78, 5) is 13.6. The fraction of sp³-hybridized carbons (Fsp3) is 0.923. The summed E-state index contributed by atoms with van der Waals surface area (Å²) in [6, 6.07) is 0. The van der Waals surface area contributed by atoms with Crippen LogP contribution < -0.4 is 5.32 Å². The first kappa shape index (κ1) is 13.5. The van der Waals surface area contributed by atoms with Crippen LogP contribution in [0.2, 0.25) is 0 Å². The number of hydrogen-bond donors (Lipinski definition) is 1. The average Bonchev–Trinajstić information content (AvgIpc) is 2.42. The van der Waals surface area contributed by atoms with E-state index in [1.165, 1.54) is 19.3 Å². The third kappa shape index (κ3) is 4.12. The Morgan fingerprint density at radius 1 is 1.31 bits per heavy atom. The molecule has 0 bridgehead atoms. The van der Waals surface area contributed by atoms with Crippen LogP contribution in [0.25, 0.3) is 0 Å². The van der Waals surface area contributed by atoms with Crippen LogP contribution in [0.5, 0.6) is 0 Å². The lowest BCUT2D eigenvalue weighted by Gasteiger charge is -2.29. The predicted molar refractivity (Wildman–Crippen MR) is 67.3 cm³/mol. The number of carbonyl (C=O) groups is 1. The minimum Gasteiger partial charge on any atom is -0.358 e. The first-order valence-electron chi connectivity index (χ1n) is 6.36. The fourth-order valence-electron chi connectivity index (χ4n) is 2.46.